The third kappa shape index (κ3) is 4.11. The van der Waals surface area contributed by atoms with E-state index in [1.165, 1.54) is 24.0 Å². The molecule has 1 rings (SSSR count). The highest BCUT2D eigenvalue weighted by atomic mass is 15.2. The molecule has 18 heavy (non-hydrogen) atoms. The van der Waals surface area contributed by atoms with Gasteiger partial charge in [-0.3, -0.25) is 4.90 Å². The topological polar surface area (TPSA) is 29.3 Å². The minimum atomic E-state index is 0.368. The van der Waals surface area contributed by atoms with Crippen LogP contribution in [0.5, 0.6) is 0 Å². The summed E-state index contributed by atoms with van der Waals surface area (Å²) in [5, 5.41) is 0. The lowest BCUT2D eigenvalue weighted by molar-refractivity contribution is 0.209. The standard InChI is InChI=1S/C16H28N2/c1-4-7-12-18(6-3)16(13-17)15-10-8-14(5-2)9-11-15/h8-11,16H,4-7,12-13,17H2,1-3H3. The Morgan fingerprint density at radius 2 is 1.78 bits per heavy atom. The zero-order chi connectivity index (χ0) is 13.4. The van der Waals surface area contributed by atoms with E-state index in [0.717, 1.165) is 19.5 Å². The molecule has 1 atom stereocenters. The fraction of sp³-hybridized carbons (Fsp3) is 0.625. The van der Waals surface area contributed by atoms with Crippen LogP contribution < -0.4 is 5.73 Å². The quantitative estimate of drug-likeness (QED) is 0.764. The number of nitrogens with zero attached hydrogens (tertiary/aromatic N) is 1. The molecule has 0 heterocycles. The van der Waals surface area contributed by atoms with Gasteiger partial charge in [0.25, 0.3) is 0 Å². The fourth-order valence-electron chi connectivity index (χ4n) is 2.37. The van der Waals surface area contributed by atoms with Gasteiger partial charge in [0, 0.05) is 12.6 Å². The van der Waals surface area contributed by atoms with Crippen LogP contribution in [0.3, 0.4) is 0 Å². The third-order valence-corrected chi connectivity index (χ3v) is 3.64. The number of aryl methyl sites for hydroxylation is 1. The summed E-state index contributed by atoms with van der Waals surface area (Å²) in [5.74, 6) is 0. The van der Waals surface area contributed by atoms with Crippen molar-refractivity contribution in [2.75, 3.05) is 19.6 Å². The third-order valence-electron chi connectivity index (χ3n) is 3.64. The molecule has 0 aliphatic carbocycles. The van der Waals surface area contributed by atoms with Gasteiger partial charge in [-0.15, -0.1) is 0 Å². The van der Waals surface area contributed by atoms with Gasteiger partial charge in [-0.1, -0.05) is 51.5 Å². The summed E-state index contributed by atoms with van der Waals surface area (Å²) in [4.78, 5) is 2.49. The molecule has 1 aromatic rings. The van der Waals surface area contributed by atoms with Crippen LogP contribution in [0.25, 0.3) is 0 Å². The van der Waals surface area contributed by atoms with Crippen LogP contribution in [0.1, 0.15) is 50.8 Å². The SMILES string of the molecule is CCCCN(CC)C(CN)c1ccc(CC)cc1. The Kier molecular flexibility index (Phi) is 6.99. The molecule has 2 N–H and O–H groups in total. The molecule has 0 saturated carbocycles. The molecule has 102 valence electrons. The Morgan fingerprint density at radius 3 is 2.22 bits per heavy atom. The highest BCUT2D eigenvalue weighted by Gasteiger charge is 2.16. The van der Waals surface area contributed by atoms with Crippen molar-refractivity contribution in [1.82, 2.24) is 4.90 Å². The van der Waals surface area contributed by atoms with Crippen molar-refractivity contribution in [3.8, 4) is 0 Å². The maximum Gasteiger partial charge on any atom is 0.0470 e. The second-order valence-electron chi connectivity index (χ2n) is 4.83. The van der Waals surface area contributed by atoms with E-state index in [9.17, 15) is 0 Å². The average molecular weight is 248 g/mol. The summed E-state index contributed by atoms with van der Waals surface area (Å²) in [6, 6.07) is 9.31. The highest BCUT2D eigenvalue weighted by molar-refractivity contribution is 5.25. The van der Waals surface area contributed by atoms with Crippen molar-refractivity contribution in [3.63, 3.8) is 0 Å². The Hall–Kier alpha value is -0.860. The number of hydrogen-bond donors (Lipinski definition) is 1. The molecule has 0 radical (unpaired) electrons. The van der Waals surface area contributed by atoms with Gasteiger partial charge in [0.2, 0.25) is 0 Å². The minimum Gasteiger partial charge on any atom is -0.329 e. The molecule has 0 amide bonds. The van der Waals surface area contributed by atoms with E-state index >= 15 is 0 Å². The van der Waals surface area contributed by atoms with Gasteiger partial charge in [0.1, 0.15) is 0 Å². The number of benzene rings is 1. The lowest BCUT2D eigenvalue weighted by Crippen LogP contribution is -2.34. The smallest absolute Gasteiger partial charge is 0.0470 e. The van der Waals surface area contributed by atoms with E-state index < -0.39 is 0 Å². The summed E-state index contributed by atoms with van der Waals surface area (Å²) in [6.45, 7) is 9.56. The predicted octanol–water partition coefficient (Wildman–Crippen LogP) is 3.37. The number of rotatable bonds is 8. The lowest BCUT2D eigenvalue weighted by atomic mass is 10.0. The van der Waals surface area contributed by atoms with E-state index in [1.54, 1.807) is 0 Å². The molecule has 0 aromatic heterocycles. The molecule has 2 nitrogen and oxygen atoms in total. The van der Waals surface area contributed by atoms with Crippen LogP contribution in [-0.4, -0.2) is 24.5 Å². The molecular weight excluding hydrogens is 220 g/mol. The molecule has 1 aromatic carbocycles. The minimum absolute atomic E-state index is 0.368. The second kappa shape index (κ2) is 8.28. The van der Waals surface area contributed by atoms with Crippen molar-refractivity contribution in [3.05, 3.63) is 35.4 Å². The van der Waals surface area contributed by atoms with E-state index in [2.05, 4.69) is 49.9 Å². The lowest BCUT2D eigenvalue weighted by Gasteiger charge is -2.30. The van der Waals surface area contributed by atoms with Gasteiger partial charge in [0.05, 0.1) is 0 Å². The molecule has 0 fully saturated rings. The first kappa shape index (κ1) is 15.2. The number of nitrogens with two attached hydrogens (primary N) is 1. The summed E-state index contributed by atoms with van der Waals surface area (Å²) in [6.07, 6.45) is 3.58. The predicted molar refractivity (Wildman–Crippen MR) is 79.8 cm³/mol. The van der Waals surface area contributed by atoms with Crippen LogP contribution >= 0.6 is 0 Å². The largest absolute Gasteiger partial charge is 0.329 e. The Balaban J connectivity index is 2.78. The normalized spacial score (nSPS) is 12.9. The monoisotopic (exact) mass is 248 g/mol. The number of likely N-dealkylation sites (N-methyl/N-ethyl adjacent to an activating group) is 1. The first-order valence-corrected chi connectivity index (χ1v) is 7.29. The van der Waals surface area contributed by atoms with E-state index in [1.807, 2.05) is 0 Å². The average Bonchev–Trinajstić information content (AvgIpc) is 2.43. The molecule has 0 bridgehead atoms. The van der Waals surface area contributed by atoms with Crippen LogP contribution in [0.2, 0.25) is 0 Å². The molecular formula is C16H28N2. The van der Waals surface area contributed by atoms with Crippen LogP contribution in [-0.2, 0) is 6.42 Å². The maximum atomic E-state index is 5.98. The molecule has 1 unspecified atom stereocenters. The molecule has 0 saturated heterocycles. The highest BCUT2D eigenvalue weighted by Crippen LogP contribution is 2.20. The summed E-state index contributed by atoms with van der Waals surface area (Å²) >= 11 is 0. The Morgan fingerprint density at radius 1 is 1.11 bits per heavy atom. The van der Waals surface area contributed by atoms with Gasteiger partial charge in [-0.05, 0) is 37.1 Å². The van der Waals surface area contributed by atoms with Crippen LogP contribution in [0.15, 0.2) is 24.3 Å². The molecule has 0 aliphatic heterocycles. The molecule has 2 heteroatoms. The van der Waals surface area contributed by atoms with Crippen molar-refractivity contribution in [1.29, 1.82) is 0 Å². The van der Waals surface area contributed by atoms with Crippen molar-refractivity contribution < 1.29 is 0 Å². The first-order valence-electron chi connectivity index (χ1n) is 7.29. The number of hydrogen-bond acceptors (Lipinski definition) is 2. The second-order valence-corrected chi connectivity index (χ2v) is 4.83. The van der Waals surface area contributed by atoms with Gasteiger partial charge in [0.15, 0.2) is 0 Å². The zero-order valence-corrected chi connectivity index (χ0v) is 12.2. The van der Waals surface area contributed by atoms with Crippen LogP contribution in [0, 0.1) is 0 Å². The van der Waals surface area contributed by atoms with Gasteiger partial charge < -0.3 is 5.73 Å². The van der Waals surface area contributed by atoms with Gasteiger partial charge in [-0.2, -0.15) is 0 Å². The van der Waals surface area contributed by atoms with Crippen molar-refractivity contribution in [2.45, 2.75) is 46.1 Å². The van der Waals surface area contributed by atoms with Crippen molar-refractivity contribution in [2.24, 2.45) is 5.73 Å². The fourth-order valence-corrected chi connectivity index (χ4v) is 2.37. The maximum absolute atomic E-state index is 5.98. The van der Waals surface area contributed by atoms with E-state index in [0.29, 0.717) is 12.6 Å². The molecule has 0 spiro atoms. The van der Waals surface area contributed by atoms with Crippen LogP contribution in [0.4, 0.5) is 0 Å². The zero-order valence-electron chi connectivity index (χ0n) is 12.2. The summed E-state index contributed by atoms with van der Waals surface area (Å²) in [7, 11) is 0. The Bertz CT molecular complexity index is 318. The van der Waals surface area contributed by atoms with E-state index in [-0.39, 0.29) is 0 Å². The summed E-state index contributed by atoms with van der Waals surface area (Å²) < 4.78 is 0. The van der Waals surface area contributed by atoms with Gasteiger partial charge >= 0.3 is 0 Å². The van der Waals surface area contributed by atoms with Crippen molar-refractivity contribution >= 4 is 0 Å². The van der Waals surface area contributed by atoms with Gasteiger partial charge in [-0.25, -0.2) is 0 Å². The Labute approximate surface area is 112 Å². The van der Waals surface area contributed by atoms with E-state index in [4.69, 9.17) is 5.73 Å². The summed E-state index contributed by atoms with van der Waals surface area (Å²) in [5.41, 5.74) is 8.73. The number of unbranched alkanes of at least 4 members (excludes halogenated alkanes) is 1. The molecule has 0 aliphatic rings. The first-order chi connectivity index (χ1) is 8.76.